The van der Waals surface area contributed by atoms with Crippen LogP contribution in [0.25, 0.3) is 11.0 Å². The molecule has 1 aliphatic heterocycles. The molecule has 0 amide bonds. The molecule has 3 aromatic rings. The minimum absolute atomic E-state index is 0.116. The van der Waals surface area contributed by atoms with Crippen molar-refractivity contribution in [1.82, 2.24) is 0 Å². The van der Waals surface area contributed by atoms with E-state index in [1.54, 1.807) is 0 Å². The molecule has 1 aromatic heterocycles. The van der Waals surface area contributed by atoms with Crippen molar-refractivity contribution in [3.05, 3.63) is 65.7 Å². The maximum atomic E-state index is 10.0. The third-order valence-corrected chi connectivity index (χ3v) is 3.62. The molecule has 0 saturated carbocycles. The Labute approximate surface area is 121 Å². The molecule has 0 fully saturated rings. The van der Waals surface area contributed by atoms with Gasteiger partial charge < -0.3 is 14.3 Å². The number of hydrogen-bond donors (Lipinski definition) is 1. The Morgan fingerprint density at radius 2 is 1.76 bits per heavy atom. The Morgan fingerprint density at radius 3 is 2.62 bits per heavy atom. The molecule has 4 rings (SSSR count). The normalized spacial score (nSPS) is 17.7. The van der Waals surface area contributed by atoms with Gasteiger partial charge in [0.1, 0.15) is 17.3 Å². The molecule has 2 heterocycles. The van der Waals surface area contributed by atoms with Crippen LogP contribution in [0.1, 0.15) is 17.2 Å². The molecule has 0 radical (unpaired) electrons. The van der Waals surface area contributed by atoms with E-state index < -0.39 is 0 Å². The van der Waals surface area contributed by atoms with Crippen molar-refractivity contribution in [3.63, 3.8) is 0 Å². The largest absolute Gasteiger partial charge is 0.480 e. The van der Waals surface area contributed by atoms with Crippen molar-refractivity contribution < 1.29 is 14.3 Å². The van der Waals surface area contributed by atoms with Gasteiger partial charge in [-0.3, -0.25) is 0 Å². The summed E-state index contributed by atoms with van der Waals surface area (Å²) in [7, 11) is 0. The first-order valence-corrected chi connectivity index (χ1v) is 6.80. The van der Waals surface area contributed by atoms with Gasteiger partial charge in [0, 0.05) is 5.39 Å². The lowest BCUT2D eigenvalue weighted by Crippen LogP contribution is -2.05. The van der Waals surface area contributed by atoms with E-state index in [2.05, 4.69) is 4.99 Å². The average Bonchev–Trinajstić information content (AvgIpc) is 3.11. The zero-order valence-corrected chi connectivity index (χ0v) is 11.2. The number of aliphatic imine (C=N–C) groups is 1. The summed E-state index contributed by atoms with van der Waals surface area (Å²) in [5.41, 5.74) is 2.23. The fourth-order valence-corrected chi connectivity index (χ4v) is 2.59. The molecule has 0 bridgehead atoms. The Kier molecular flexibility index (Phi) is 2.67. The zero-order chi connectivity index (χ0) is 14.2. The highest BCUT2D eigenvalue weighted by Crippen LogP contribution is 2.35. The molecule has 104 valence electrons. The Bertz CT molecular complexity index is 820. The van der Waals surface area contributed by atoms with Crippen LogP contribution in [0.2, 0.25) is 0 Å². The SMILES string of the molecule is Oc1oc2ccccc2c1C1=NCC(c2ccccc2)O1. The molecule has 1 unspecified atom stereocenters. The van der Waals surface area contributed by atoms with Gasteiger partial charge in [-0.1, -0.05) is 48.5 Å². The maximum absolute atomic E-state index is 10.0. The standard InChI is InChI=1S/C17H13NO3/c19-17-15(12-8-4-5-9-13(12)21-17)16-18-10-14(20-16)11-6-2-1-3-7-11/h1-9,14,19H,10H2. The van der Waals surface area contributed by atoms with Crippen molar-refractivity contribution in [2.24, 2.45) is 4.99 Å². The lowest BCUT2D eigenvalue weighted by atomic mass is 10.1. The number of hydrogen-bond acceptors (Lipinski definition) is 4. The molecule has 1 N–H and O–H groups in total. The van der Waals surface area contributed by atoms with E-state index in [1.165, 1.54) is 0 Å². The van der Waals surface area contributed by atoms with E-state index in [1.807, 2.05) is 54.6 Å². The fourth-order valence-electron chi connectivity index (χ4n) is 2.59. The van der Waals surface area contributed by atoms with Gasteiger partial charge in [0.2, 0.25) is 5.90 Å². The molecular weight excluding hydrogens is 266 g/mol. The summed E-state index contributed by atoms with van der Waals surface area (Å²) >= 11 is 0. The van der Waals surface area contributed by atoms with E-state index in [-0.39, 0.29) is 12.1 Å². The first-order valence-electron chi connectivity index (χ1n) is 6.80. The highest BCUT2D eigenvalue weighted by Gasteiger charge is 2.28. The average molecular weight is 279 g/mol. The van der Waals surface area contributed by atoms with Crippen LogP contribution in [-0.4, -0.2) is 17.5 Å². The second-order valence-corrected chi connectivity index (χ2v) is 4.94. The van der Waals surface area contributed by atoms with E-state index in [0.717, 1.165) is 10.9 Å². The van der Waals surface area contributed by atoms with Gasteiger partial charge in [-0.25, -0.2) is 4.99 Å². The minimum Gasteiger partial charge on any atom is -0.480 e. The lowest BCUT2D eigenvalue weighted by Gasteiger charge is -2.10. The number of nitrogens with zero attached hydrogens (tertiary/aromatic N) is 1. The Balaban J connectivity index is 1.70. The number of furan rings is 1. The monoisotopic (exact) mass is 279 g/mol. The van der Waals surface area contributed by atoms with Crippen LogP contribution in [0.15, 0.2) is 64.0 Å². The molecule has 2 aromatic carbocycles. The summed E-state index contributed by atoms with van der Waals surface area (Å²) in [6.07, 6.45) is -0.116. The van der Waals surface area contributed by atoms with Gasteiger partial charge in [-0.2, -0.15) is 0 Å². The number of benzene rings is 2. The maximum Gasteiger partial charge on any atom is 0.296 e. The smallest absolute Gasteiger partial charge is 0.296 e. The van der Waals surface area contributed by atoms with Crippen LogP contribution in [-0.2, 0) is 4.74 Å². The van der Waals surface area contributed by atoms with Gasteiger partial charge >= 0.3 is 0 Å². The van der Waals surface area contributed by atoms with Crippen molar-refractivity contribution >= 4 is 16.9 Å². The van der Waals surface area contributed by atoms with E-state index in [4.69, 9.17) is 9.15 Å². The zero-order valence-electron chi connectivity index (χ0n) is 11.2. The Morgan fingerprint density at radius 1 is 1.00 bits per heavy atom. The van der Waals surface area contributed by atoms with Crippen LogP contribution < -0.4 is 0 Å². The highest BCUT2D eigenvalue weighted by molar-refractivity contribution is 6.08. The first kappa shape index (κ1) is 12.0. The van der Waals surface area contributed by atoms with Gasteiger partial charge in [-0.15, -0.1) is 0 Å². The third kappa shape index (κ3) is 1.96. The molecule has 1 aliphatic rings. The molecule has 0 spiro atoms. The fraction of sp³-hybridized carbons (Fsp3) is 0.118. The van der Waals surface area contributed by atoms with E-state index in [9.17, 15) is 5.11 Å². The van der Waals surface area contributed by atoms with Crippen LogP contribution in [0, 0.1) is 0 Å². The quantitative estimate of drug-likeness (QED) is 0.779. The van der Waals surface area contributed by atoms with Gasteiger partial charge in [0.15, 0.2) is 0 Å². The minimum atomic E-state index is -0.149. The summed E-state index contributed by atoms with van der Waals surface area (Å²) in [5.74, 6) is 0.287. The molecule has 0 aliphatic carbocycles. The molecule has 0 saturated heterocycles. The molecular formula is C17H13NO3. The van der Waals surface area contributed by atoms with Gasteiger partial charge in [0.25, 0.3) is 5.95 Å². The van der Waals surface area contributed by atoms with Crippen LogP contribution in [0.5, 0.6) is 5.95 Å². The number of aromatic hydroxyl groups is 1. The molecule has 1 atom stereocenters. The van der Waals surface area contributed by atoms with Gasteiger partial charge in [-0.05, 0) is 11.6 Å². The first-order chi connectivity index (χ1) is 10.3. The van der Waals surface area contributed by atoms with E-state index >= 15 is 0 Å². The summed E-state index contributed by atoms with van der Waals surface area (Å²) in [4.78, 5) is 4.42. The van der Waals surface area contributed by atoms with Crippen molar-refractivity contribution in [3.8, 4) is 5.95 Å². The number of fused-ring (bicyclic) bond motifs is 1. The van der Waals surface area contributed by atoms with Crippen LogP contribution in [0.3, 0.4) is 0 Å². The molecule has 4 nitrogen and oxygen atoms in total. The summed E-state index contributed by atoms with van der Waals surface area (Å²) in [5, 5.41) is 10.8. The van der Waals surface area contributed by atoms with Crippen LogP contribution in [0.4, 0.5) is 0 Å². The third-order valence-electron chi connectivity index (χ3n) is 3.62. The number of ether oxygens (including phenoxy) is 1. The lowest BCUT2D eigenvalue weighted by molar-refractivity contribution is 0.229. The summed E-state index contributed by atoms with van der Waals surface area (Å²) < 4.78 is 11.3. The second-order valence-electron chi connectivity index (χ2n) is 4.94. The second kappa shape index (κ2) is 4.66. The summed E-state index contributed by atoms with van der Waals surface area (Å²) in [6, 6.07) is 17.4. The van der Waals surface area contributed by atoms with Crippen LogP contribution >= 0.6 is 0 Å². The predicted molar refractivity (Wildman–Crippen MR) is 79.6 cm³/mol. The predicted octanol–water partition coefficient (Wildman–Crippen LogP) is 3.66. The van der Waals surface area contributed by atoms with E-state index in [0.29, 0.717) is 23.6 Å². The highest BCUT2D eigenvalue weighted by atomic mass is 16.5. The number of para-hydroxylation sites is 1. The van der Waals surface area contributed by atoms with Crippen molar-refractivity contribution in [1.29, 1.82) is 0 Å². The molecule has 21 heavy (non-hydrogen) atoms. The molecule has 4 heteroatoms. The van der Waals surface area contributed by atoms with Gasteiger partial charge in [0.05, 0.1) is 6.54 Å². The summed E-state index contributed by atoms with van der Waals surface area (Å²) in [6.45, 7) is 0.540. The van der Waals surface area contributed by atoms with Crippen molar-refractivity contribution in [2.75, 3.05) is 6.54 Å². The Hall–Kier alpha value is -2.75. The topological polar surface area (TPSA) is 55.0 Å². The number of rotatable bonds is 2. The van der Waals surface area contributed by atoms with Crippen molar-refractivity contribution in [2.45, 2.75) is 6.10 Å².